The van der Waals surface area contributed by atoms with Crippen LogP contribution in [0.4, 0.5) is 0 Å². The first-order valence-electron chi connectivity index (χ1n) is 8.81. The van der Waals surface area contributed by atoms with Gasteiger partial charge >= 0.3 is 0 Å². The lowest BCUT2D eigenvalue weighted by Crippen LogP contribution is -2.48. The van der Waals surface area contributed by atoms with Crippen LogP contribution in [-0.4, -0.2) is 78.4 Å². The molecule has 2 aliphatic rings. The number of carbonyl (C=O) groups excluding carboxylic acids is 3. The first kappa shape index (κ1) is 20.3. The minimum absolute atomic E-state index is 0.0245. The molecule has 146 valence electrons. The SMILES string of the molecule is CCN(CC(=O)NC(C)C)C(=O)C1=NN(C2CCS(=O)(=O)C2)C(=O)CC1. The summed E-state index contributed by atoms with van der Waals surface area (Å²) in [6, 6.07) is -0.546. The molecule has 0 aromatic rings. The zero-order chi connectivity index (χ0) is 19.5. The molecule has 1 atom stereocenters. The molecule has 1 fully saturated rings. The zero-order valence-electron chi connectivity index (χ0n) is 15.4. The van der Waals surface area contributed by atoms with E-state index >= 15 is 0 Å². The van der Waals surface area contributed by atoms with E-state index in [0.717, 1.165) is 5.01 Å². The Morgan fingerprint density at radius 3 is 2.58 bits per heavy atom. The van der Waals surface area contributed by atoms with Gasteiger partial charge in [-0.15, -0.1) is 0 Å². The van der Waals surface area contributed by atoms with Gasteiger partial charge in [-0.2, -0.15) is 5.10 Å². The summed E-state index contributed by atoms with van der Waals surface area (Å²) in [7, 11) is -3.17. The maximum atomic E-state index is 12.7. The topological polar surface area (TPSA) is 116 Å². The van der Waals surface area contributed by atoms with Crippen LogP contribution < -0.4 is 5.32 Å². The molecule has 2 aliphatic heterocycles. The summed E-state index contributed by atoms with van der Waals surface area (Å²) in [5, 5.41) is 8.05. The quantitative estimate of drug-likeness (QED) is 0.662. The van der Waals surface area contributed by atoms with Crippen molar-refractivity contribution in [1.82, 2.24) is 15.2 Å². The van der Waals surface area contributed by atoms with Crippen molar-refractivity contribution < 1.29 is 22.8 Å². The molecule has 9 nitrogen and oxygen atoms in total. The summed E-state index contributed by atoms with van der Waals surface area (Å²) < 4.78 is 23.3. The standard InChI is InChI=1S/C16H26N4O5S/c1-4-19(9-14(21)17-11(2)3)16(23)13-5-6-15(22)20(18-13)12-7-8-26(24,25)10-12/h11-12H,4-10H2,1-3H3,(H,17,21). The fourth-order valence-electron chi connectivity index (χ4n) is 3.03. The van der Waals surface area contributed by atoms with Crippen LogP contribution in [0.1, 0.15) is 40.0 Å². The molecular weight excluding hydrogens is 360 g/mol. The average Bonchev–Trinajstić information content (AvgIpc) is 2.91. The van der Waals surface area contributed by atoms with Gasteiger partial charge in [0.2, 0.25) is 11.8 Å². The van der Waals surface area contributed by atoms with Crippen molar-refractivity contribution in [2.75, 3.05) is 24.6 Å². The lowest BCUT2D eigenvalue weighted by Gasteiger charge is -2.29. The molecule has 0 saturated carbocycles. The summed E-state index contributed by atoms with van der Waals surface area (Å²) in [6.07, 6.45) is 0.625. The highest BCUT2D eigenvalue weighted by Gasteiger charge is 2.37. The van der Waals surface area contributed by atoms with Crippen LogP contribution in [0, 0.1) is 0 Å². The zero-order valence-corrected chi connectivity index (χ0v) is 16.2. The lowest BCUT2D eigenvalue weighted by atomic mass is 10.1. The lowest BCUT2D eigenvalue weighted by molar-refractivity contribution is -0.134. The molecule has 1 saturated heterocycles. The third-order valence-corrected chi connectivity index (χ3v) is 6.06. The summed E-state index contributed by atoms with van der Waals surface area (Å²) in [6.45, 7) is 5.67. The number of hydrazone groups is 1. The molecule has 10 heteroatoms. The summed E-state index contributed by atoms with van der Waals surface area (Å²) in [5.41, 5.74) is 0.188. The normalized spacial score (nSPS) is 22.3. The molecule has 0 aromatic heterocycles. The van der Waals surface area contributed by atoms with Gasteiger partial charge in [-0.3, -0.25) is 14.4 Å². The fourth-order valence-corrected chi connectivity index (χ4v) is 4.72. The van der Waals surface area contributed by atoms with E-state index in [4.69, 9.17) is 0 Å². The van der Waals surface area contributed by atoms with Gasteiger partial charge in [0.15, 0.2) is 9.84 Å². The number of likely N-dealkylation sites (N-methyl/N-ethyl adjacent to an activating group) is 1. The Morgan fingerprint density at radius 1 is 1.35 bits per heavy atom. The molecule has 3 amide bonds. The Hall–Kier alpha value is -1.97. The monoisotopic (exact) mass is 386 g/mol. The second kappa shape index (κ2) is 8.15. The van der Waals surface area contributed by atoms with E-state index in [0.29, 0.717) is 13.0 Å². The molecule has 1 N–H and O–H groups in total. The van der Waals surface area contributed by atoms with Crippen LogP contribution in [0.3, 0.4) is 0 Å². The van der Waals surface area contributed by atoms with Gasteiger partial charge in [-0.25, -0.2) is 13.4 Å². The van der Waals surface area contributed by atoms with Gasteiger partial charge in [-0.1, -0.05) is 0 Å². The van der Waals surface area contributed by atoms with E-state index in [1.807, 2.05) is 13.8 Å². The van der Waals surface area contributed by atoms with Crippen molar-refractivity contribution in [2.24, 2.45) is 5.10 Å². The van der Waals surface area contributed by atoms with Crippen LogP contribution in [0.5, 0.6) is 0 Å². The molecule has 1 unspecified atom stereocenters. The number of nitrogens with zero attached hydrogens (tertiary/aromatic N) is 3. The van der Waals surface area contributed by atoms with Crippen LogP contribution in [0.2, 0.25) is 0 Å². The molecule has 0 aromatic carbocycles. The van der Waals surface area contributed by atoms with Crippen molar-refractivity contribution in [3.8, 4) is 0 Å². The van der Waals surface area contributed by atoms with E-state index in [1.54, 1.807) is 6.92 Å². The van der Waals surface area contributed by atoms with Crippen molar-refractivity contribution in [3.63, 3.8) is 0 Å². The predicted molar refractivity (Wildman–Crippen MR) is 96.1 cm³/mol. The van der Waals surface area contributed by atoms with E-state index in [2.05, 4.69) is 10.4 Å². The minimum atomic E-state index is -3.17. The van der Waals surface area contributed by atoms with E-state index < -0.39 is 21.8 Å². The molecule has 0 aliphatic carbocycles. The number of sulfone groups is 1. The van der Waals surface area contributed by atoms with Gasteiger partial charge in [0.1, 0.15) is 5.71 Å². The molecule has 26 heavy (non-hydrogen) atoms. The third kappa shape index (κ3) is 5.03. The van der Waals surface area contributed by atoms with Crippen molar-refractivity contribution in [3.05, 3.63) is 0 Å². The van der Waals surface area contributed by atoms with Gasteiger partial charge < -0.3 is 10.2 Å². The third-order valence-electron chi connectivity index (χ3n) is 4.31. The highest BCUT2D eigenvalue weighted by Crippen LogP contribution is 2.22. The Labute approximate surface area is 153 Å². The Bertz CT molecular complexity index is 716. The molecule has 0 spiro atoms. The van der Waals surface area contributed by atoms with Crippen molar-refractivity contribution >= 4 is 33.3 Å². The highest BCUT2D eigenvalue weighted by atomic mass is 32.2. The van der Waals surface area contributed by atoms with Gasteiger partial charge in [0, 0.05) is 25.4 Å². The van der Waals surface area contributed by atoms with E-state index in [9.17, 15) is 22.8 Å². The number of amides is 3. The maximum Gasteiger partial charge on any atom is 0.270 e. The van der Waals surface area contributed by atoms with Gasteiger partial charge in [0.25, 0.3) is 5.91 Å². The van der Waals surface area contributed by atoms with E-state index in [1.165, 1.54) is 4.90 Å². The Kier molecular flexibility index (Phi) is 6.38. The van der Waals surface area contributed by atoms with Crippen LogP contribution in [0.15, 0.2) is 5.10 Å². The van der Waals surface area contributed by atoms with Crippen molar-refractivity contribution in [1.29, 1.82) is 0 Å². The van der Waals surface area contributed by atoms with Gasteiger partial charge in [0.05, 0.1) is 24.1 Å². The van der Waals surface area contributed by atoms with Gasteiger partial charge in [-0.05, 0) is 27.2 Å². The number of rotatable bonds is 6. The molecule has 2 rings (SSSR count). The molecule has 2 heterocycles. The molecule has 0 radical (unpaired) electrons. The smallest absolute Gasteiger partial charge is 0.270 e. The Morgan fingerprint density at radius 2 is 2.04 bits per heavy atom. The highest BCUT2D eigenvalue weighted by molar-refractivity contribution is 7.91. The largest absolute Gasteiger partial charge is 0.352 e. The van der Waals surface area contributed by atoms with Crippen LogP contribution in [-0.2, 0) is 24.2 Å². The number of hydrogen-bond donors (Lipinski definition) is 1. The van der Waals surface area contributed by atoms with E-state index in [-0.39, 0.29) is 54.5 Å². The van der Waals surface area contributed by atoms with Crippen LogP contribution >= 0.6 is 0 Å². The summed E-state index contributed by atoms with van der Waals surface area (Å²) in [4.78, 5) is 38.1. The first-order chi connectivity index (χ1) is 12.1. The number of hydrogen-bond acceptors (Lipinski definition) is 6. The number of nitrogens with one attached hydrogen (secondary N) is 1. The second-order valence-corrected chi connectivity index (χ2v) is 9.11. The summed E-state index contributed by atoms with van der Waals surface area (Å²) >= 11 is 0. The van der Waals surface area contributed by atoms with Crippen LogP contribution in [0.25, 0.3) is 0 Å². The maximum absolute atomic E-state index is 12.7. The van der Waals surface area contributed by atoms with Crippen molar-refractivity contribution in [2.45, 2.75) is 52.1 Å². The minimum Gasteiger partial charge on any atom is -0.352 e. The molecular formula is C16H26N4O5S. The molecule has 0 bridgehead atoms. The number of carbonyl (C=O) groups is 3. The first-order valence-corrected chi connectivity index (χ1v) is 10.6. The second-order valence-electron chi connectivity index (χ2n) is 6.88. The fraction of sp³-hybridized carbons (Fsp3) is 0.750. The summed E-state index contributed by atoms with van der Waals surface area (Å²) in [5.74, 6) is -1.04. The average molecular weight is 386 g/mol. The Balaban J connectivity index is 2.12. The predicted octanol–water partition coefficient (Wildman–Crippen LogP) is -0.475.